The molecule has 2 unspecified atom stereocenters. The van der Waals surface area contributed by atoms with Crippen LogP contribution in [0.4, 0.5) is 16.9 Å². The molecule has 1 N–H and O–H groups in total. The molecular formula is C25H26N8O3S3. The van der Waals surface area contributed by atoms with Gasteiger partial charge in [-0.05, 0) is 38.8 Å². The van der Waals surface area contributed by atoms with Gasteiger partial charge in [-0.1, -0.05) is 0 Å². The Balaban J connectivity index is 1.11. The Kier molecular flexibility index (Phi) is 6.55. The zero-order valence-corrected chi connectivity index (χ0v) is 24.0. The van der Waals surface area contributed by atoms with Gasteiger partial charge in [-0.2, -0.15) is 0 Å². The number of hydrogen-bond acceptors (Lipinski definition) is 12. The van der Waals surface area contributed by atoms with Crippen molar-refractivity contribution in [2.75, 3.05) is 29.6 Å². The van der Waals surface area contributed by atoms with Crippen LogP contribution in [0.25, 0.3) is 10.6 Å². The Morgan fingerprint density at radius 2 is 1.74 bits per heavy atom. The zero-order valence-electron chi connectivity index (χ0n) is 21.5. The van der Waals surface area contributed by atoms with Crippen molar-refractivity contribution in [1.29, 1.82) is 0 Å². The summed E-state index contributed by atoms with van der Waals surface area (Å²) in [6.45, 7) is 5.17. The summed E-state index contributed by atoms with van der Waals surface area (Å²) in [5, 5.41) is 6.97. The largest absolute Gasteiger partial charge is 0.337 e. The molecule has 6 heterocycles. The number of sulfone groups is 1. The number of aryl methyl sites for hydroxylation is 2. The van der Waals surface area contributed by atoms with Gasteiger partial charge in [0.05, 0.1) is 51.3 Å². The second-order valence-electron chi connectivity index (χ2n) is 9.74. The van der Waals surface area contributed by atoms with Crippen molar-refractivity contribution < 1.29 is 13.2 Å². The Morgan fingerprint density at radius 1 is 1.03 bits per heavy atom. The molecule has 14 heteroatoms. The number of nitrogens with zero attached hydrogens (tertiary/aromatic N) is 7. The highest BCUT2D eigenvalue weighted by molar-refractivity contribution is 7.90. The van der Waals surface area contributed by atoms with E-state index in [-0.39, 0.29) is 22.9 Å². The van der Waals surface area contributed by atoms with E-state index in [1.54, 1.807) is 29.7 Å². The SMILES string of the molecule is Cc1nc(C)c(-c2csc(Nc3ccc(C(=O)N4C5CCC4CN(c4ncc(S(C)(=O)=O)cn4)C5)cn3)n2)s1. The first-order valence-corrected chi connectivity index (χ1v) is 16.0. The number of aromatic nitrogens is 5. The summed E-state index contributed by atoms with van der Waals surface area (Å²) < 4.78 is 23.4. The number of anilines is 3. The Morgan fingerprint density at radius 3 is 2.33 bits per heavy atom. The lowest BCUT2D eigenvalue weighted by atomic mass is 10.1. The molecule has 2 saturated heterocycles. The molecule has 39 heavy (non-hydrogen) atoms. The maximum Gasteiger partial charge on any atom is 0.256 e. The van der Waals surface area contributed by atoms with Crippen molar-refractivity contribution in [1.82, 2.24) is 29.8 Å². The second-order valence-corrected chi connectivity index (χ2v) is 13.8. The van der Waals surface area contributed by atoms with Crippen LogP contribution < -0.4 is 10.2 Å². The molecule has 0 aromatic carbocycles. The lowest BCUT2D eigenvalue weighted by Gasteiger charge is -2.41. The summed E-state index contributed by atoms with van der Waals surface area (Å²) >= 11 is 3.12. The number of carbonyl (C=O) groups is 1. The molecule has 2 bridgehead atoms. The Labute approximate surface area is 233 Å². The first-order valence-electron chi connectivity index (χ1n) is 12.4. The standard InChI is InChI=1S/C25H26N8O3S3/c1-14-22(38-15(2)29-14)20-13-37-25(30-20)31-21-7-4-16(8-26-21)23(34)33-17-5-6-18(33)12-32(11-17)24-27-9-19(10-28-24)39(3,35)36/h4,7-10,13,17-18H,5-6,11-12H2,1-3H3,(H,26,30,31). The predicted octanol–water partition coefficient (Wildman–Crippen LogP) is 3.71. The van der Waals surface area contributed by atoms with Gasteiger partial charge < -0.3 is 15.1 Å². The van der Waals surface area contributed by atoms with Crippen molar-refractivity contribution in [3.63, 3.8) is 0 Å². The Bertz CT molecular complexity index is 1620. The summed E-state index contributed by atoms with van der Waals surface area (Å²) in [7, 11) is -3.35. The summed E-state index contributed by atoms with van der Waals surface area (Å²) in [5.41, 5.74) is 2.40. The third kappa shape index (κ3) is 5.11. The smallest absolute Gasteiger partial charge is 0.256 e. The van der Waals surface area contributed by atoms with Crippen molar-refractivity contribution in [3.8, 4) is 10.6 Å². The van der Waals surface area contributed by atoms with Gasteiger partial charge in [-0.25, -0.2) is 33.3 Å². The summed E-state index contributed by atoms with van der Waals surface area (Å²) in [6, 6.07) is 3.65. The second kappa shape index (κ2) is 9.92. The average Bonchev–Trinajstić information content (AvgIpc) is 3.58. The molecule has 2 aliphatic heterocycles. The monoisotopic (exact) mass is 582 g/mol. The summed E-state index contributed by atoms with van der Waals surface area (Å²) in [6.07, 6.45) is 7.21. The highest BCUT2D eigenvalue weighted by atomic mass is 32.2. The van der Waals surface area contributed by atoms with Crippen LogP contribution in [-0.4, -0.2) is 75.6 Å². The molecule has 2 atom stereocenters. The number of rotatable bonds is 6. The van der Waals surface area contributed by atoms with Crippen LogP contribution in [0.3, 0.4) is 0 Å². The number of pyridine rings is 1. The minimum absolute atomic E-state index is 0.0276. The maximum atomic E-state index is 13.5. The van der Waals surface area contributed by atoms with Gasteiger partial charge in [0.15, 0.2) is 15.0 Å². The van der Waals surface area contributed by atoms with E-state index in [0.717, 1.165) is 45.5 Å². The van der Waals surface area contributed by atoms with Gasteiger partial charge in [0.25, 0.3) is 5.91 Å². The molecule has 2 aliphatic rings. The molecule has 11 nitrogen and oxygen atoms in total. The van der Waals surface area contributed by atoms with Gasteiger partial charge in [-0.15, -0.1) is 22.7 Å². The van der Waals surface area contributed by atoms with Crippen molar-refractivity contribution >= 4 is 55.3 Å². The first kappa shape index (κ1) is 25.8. The minimum atomic E-state index is -3.35. The summed E-state index contributed by atoms with van der Waals surface area (Å²) in [4.78, 5) is 40.8. The van der Waals surface area contributed by atoms with Gasteiger partial charge >= 0.3 is 0 Å². The van der Waals surface area contributed by atoms with Crippen LogP contribution in [-0.2, 0) is 9.84 Å². The molecular weight excluding hydrogens is 557 g/mol. The fraction of sp³-hybridized carbons (Fsp3) is 0.360. The molecule has 0 aliphatic carbocycles. The number of thiazole rings is 2. The third-order valence-corrected chi connectivity index (χ3v) is 9.85. The van der Waals surface area contributed by atoms with E-state index in [1.807, 2.05) is 29.0 Å². The number of nitrogens with one attached hydrogen (secondary N) is 1. The third-order valence-electron chi connectivity index (χ3n) is 6.93. The summed E-state index contributed by atoms with van der Waals surface area (Å²) in [5.74, 6) is 1.06. The topological polar surface area (TPSA) is 134 Å². The predicted molar refractivity (Wildman–Crippen MR) is 151 cm³/mol. The lowest BCUT2D eigenvalue weighted by molar-refractivity contribution is 0.0640. The van der Waals surface area contributed by atoms with E-state index >= 15 is 0 Å². The molecule has 1 amide bonds. The molecule has 4 aromatic rings. The molecule has 2 fully saturated rings. The molecule has 6 rings (SSSR count). The Hall–Kier alpha value is -3.49. The van der Waals surface area contributed by atoms with Gasteiger partial charge in [0, 0.05) is 30.9 Å². The maximum absolute atomic E-state index is 13.5. The van der Waals surface area contributed by atoms with Crippen LogP contribution in [0.1, 0.15) is 33.9 Å². The fourth-order valence-electron chi connectivity index (χ4n) is 5.12. The fourth-order valence-corrected chi connectivity index (χ4v) is 7.27. The number of amides is 1. The van der Waals surface area contributed by atoms with E-state index < -0.39 is 9.84 Å². The van der Waals surface area contributed by atoms with E-state index in [1.165, 1.54) is 23.7 Å². The van der Waals surface area contributed by atoms with Gasteiger partial charge in [0.2, 0.25) is 5.95 Å². The molecule has 4 aromatic heterocycles. The molecule has 0 radical (unpaired) electrons. The van der Waals surface area contributed by atoms with E-state index in [0.29, 0.717) is 30.4 Å². The zero-order chi connectivity index (χ0) is 27.3. The van der Waals surface area contributed by atoms with Crippen LogP contribution in [0.5, 0.6) is 0 Å². The molecule has 0 saturated carbocycles. The minimum Gasteiger partial charge on any atom is -0.337 e. The van der Waals surface area contributed by atoms with Gasteiger partial charge in [0.1, 0.15) is 10.7 Å². The lowest BCUT2D eigenvalue weighted by Crippen LogP contribution is -2.56. The molecule has 202 valence electrons. The number of hydrogen-bond donors (Lipinski definition) is 1. The molecule has 0 spiro atoms. The van der Waals surface area contributed by atoms with E-state index in [2.05, 4.69) is 30.2 Å². The van der Waals surface area contributed by atoms with Crippen LogP contribution in [0.15, 0.2) is 41.0 Å². The highest BCUT2D eigenvalue weighted by Crippen LogP contribution is 2.34. The highest BCUT2D eigenvalue weighted by Gasteiger charge is 2.43. The number of carbonyl (C=O) groups excluding carboxylic acids is 1. The number of fused-ring (bicyclic) bond motifs is 2. The van der Waals surface area contributed by atoms with E-state index in [4.69, 9.17) is 0 Å². The van der Waals surface area contributed by atoms with Crippen LogP contribution in [0, 0.1) is 13.8 Å². The first-order chi connectivity index (χ1) is 18.7. The van der Waals surface area contributed by atoms with Crippen LogP contribution >= 0.6 is 22.7 Å². The van der Waals surface area contributed by atoms with Crippen molar-refractivity contribution in [2.45, 2.75) is 43.7 Å². The van der Waals surface area contributed by atoms with Crippen LogP contribution in [0.2, 0.25) is 0 Å². The average molecular weight is 583 g/mol. The van der Waals surface area contributed by atoms with Crippen molar-refractivity contribution in [2.24, 2.45) is 0 Å². The van der Waals surface area contributed by atoms with Gasteiger partial charge in [-0.3, -0.25) is 4.79 Å². The van der Waals surface area contributed by atoms with E-state index in [9.17, 15) is 13.2 Å². The normalized spacial score (nSPS) is 18.9. The van der Waals surface area contributed by atoms with Crippen molar-refractivity contribution in [3.05, 3.63) is 52.4 Å². The number of piperazine rings is 1. The quantitative estimate of drug-likeness (QED) is 0.359.